The van der Waals surface area contributed by atoms with E-state index in [1.807, 2.05) is 0 Å². The summed E-state index contributed by atoms with van der Waals surface area (Å²) in [5.41, 5.74) is 27.7. The fourth-order valence-corrected chi connectivity index (χ4v) is 18.3. The Bertz CT molecular complexity index is 7000. The molecule has 20 rings (SSSR count). The van der Waals surface area contributed by atoms with Crippen LogP contribution in [0, 0.1) is 0 Å². The lowest BCUT2D eigenvalue weighted by molar-refractivity contribution is 0.590. The van der Waals surface area contributed by atoms with Gasteiger partial charge in [-0.1, -0.05) is 326 Å². The van der Waals surface area contributed by atoms with E-state index >= 15 is 0 Å². The van der Waals surface area contributed by atoms with E-state index in [0.717, 1.165) is 150 Å². The fraction of sp³-hybridized carbons (Fsp3) is 0.148. The minimum Gasteiger partial charge on any atom is -0.310 e. The molecule has 0 radical (unpaired) electrons. The lowest BCUT2D eigenvalue weighted by Gasteiger charge is -2.46. The van der Waals surface area contributed by atoms with Gasteiger partial charge in [-0.15, -0.1) is 0 Å². The number of fused-ring (bicyclic) bond motifs is 13. The van der Waals surface area contributed by atoms with Gasteiger partial charge in [-0.3, -0.25) is 0 Å². The molecule has 0 saturated carbocycles. The normalized spacial score (nSPS) is 13.7. The van der Waals surface area contributed by atoms with E-state index < -0.39 is 24.8 Å². The van der Waals surface area contributed by atoms with Gasteiger partial charge in [-0.25, -0.2) is 0 Å². The molecule has 0 atom stereocenters. The molecule has 4 nitrogen and oxygen atoms in total. The van der Waals surface area contributed by atoms with Crippen LogP contribution in [0.4, 0.5) is 34.1 Å². The number of rotatable bonds is 9. The van der Waals surface area contributed by atoms with Gasteiger partial charge in [0.1, 0.15) is 0 Å². The minimum absolute atomic E-state index is 0.0985. The first-order valence-corrected chi connectivity index (χ1v) is 39.8. The Balaban J connectivity index is 0.989. The minimum atomic E-state index is -0.499. The smallest absolute Gasteiger partial charge is 0.252 e. The molecular weight excluding hydrogens is 1360 g/mol. The van der Waals surface area contributed by atoms with Gasteiger partial charge < -0.3 is 18.9 Å². The zero-order chi connectivity index (χ0) is 81.5. The number of aromatic nitrogens is 2. The second-order valence-electron chi connectivity index (χ2n) is 35.3. The van der Waals surface area contributed by atoms with Crippen LogP contribution < -0.4 is 26.2 Å². The molecule has 2 aromatic heterocycles. The molecule has 4 heterocycles. The van der Waals surface area contributed by atoms with E-state index in [1.165, 1.54) is 43.8 Å². The first kappa shape index (κ1) is 64.0. The maximum atomic E-state index is 10.2. The summed E-state index contributed by atoms with van der Waals surface area (Å²) in [7, 11) is 0. The molecule has 0 bridgehead atoms. The number of para-hydroxylation sites is 2. The number of hydrogen-bond acceptors (Lipinski definition) is 2. The Hall–Kier alpha value is -12.7. The molecule has 18 aromatic rings. The topological polar surface area (TPSA) is 16.3 Å². The van der Waals surface area contributed by atoms with Crippen LogP contribution >= 0.6 is 0 Å². The molecule has 2 aliphatic rings. The summed E-state index contributed by atoms with van der Waals surface area (Å²) in [4.78, 5) is 5.02. The molecule has 2 aliphatic heterocycles. The van der Waals surface area contributed by atoms with Gasteiger partial charge in [0.15, 0.2) is 0 Å². The fourth-order valence-electron chi connectivity index (χ4n) is 18.3. The Morgan fingerprint density at radius 1 is 0.257 bits per heavy atom. The van der Waals surface area contributed by atoms with E-state index in [-0.39, 0.29) is 39.3 Å². The molecular formula is C108H91BN4. The van der Waals surface area contributed by atoms with Crippen molar-refractivity contribution in [2.75, 3.05) is 9.80 Å². The third-order valence-corrected chi connectivity index (χ3v) is 24.2. The Morgan fingerprint density at radius 3 is 1.03 bits per heavy atom. The number of nitrogens with zero attached hydrogens (tertiary/aromatic N) is 4. The number of benzene rings is 16. The first-order valence-electron chi connectivity index (χ1n) is 42.3. The summed E-state index contributed by atoms with van der Waals surface area (Å²) in [6.07, 6.45) is 0. The van der Waals surface area contributed by atoms with Crippen LogP contribution in [0.25, 0.3) is 132 Å². The molecule has 0 fully saturated rings. The highest BCUT2D eigenvalue weighted by atomic mass is 15.2. The van der Waals surface area contributed by atoms with Crippen LogP contribution in [0.1, 0.15) is 112 Å². The van der Waals surface area contributed by atoms with Crippen LogP contribution in [0.3, 0.4) is 0 Å². The van der Waals surface area contributed by atoms with Crippen molar-refractivity contribution in [2.24, 2.45) is 0 Å². The second-order valence-corrected chi connectivity index (χ2v) is 35.3. The summed E-state index contributed by atoms with van der Waals surface area (Å²) in [5, 5.41) is 9.20. The molecule has 0 spiro atoms. The second kappa shape index (κ2) is 26.0. The molecule has 0 N–H and O–H groups in total. The molecule has 16 aromatic carbocycles. The Morgan fingerprint density at radius 2 is 0.619 bits per heavy atom. The standard InChI is InChI=1S/C108H91BN4/c1-105(2,3)74-47-55-94-88(62-74)89-63-75(106(4,5)6)48-56-95(89)110(94)78-51-53-92-98(66-78)112(103-81(69-33-19-14-20-34-69)43-29-44-82(103)70-35-21-15-22-36-70)100-60-73(68-31-17-13-18-32-68)61-101-102(100)109(92)93-54-52-79(111-96-57-49-76(107(7,8)9)64-90(96)91-65-77(108(10,11)12)50-58-97(91)111)67-99(93)113(101)104-83(71-37-23-16-24-38-71)45-30-46-86(104)87-59-72-39-25-26-40-80(72)84-41-27-28-42-85(84)87/h13-67H,1-12H3/i13D,17D,18D,31D,32D. The third-order valence-electron chi connectivity index (χ3n) is 24.2. The molecule has 546 valence electrons. The molecule has 0 saturated heterocycles. The lowest BCUT2D eigenvalue weighted by atomic mass is 9.33. The van der Waals surface area contributed by atoms with Crippen molar-refractivity contribution in [3.05, 3.63) is 356 Å². The summed E-state index contributed by atoms with van der Waals surface area (Å²) < 4.78 is 53.9. The highest BCUT2D eigenvalue weighted by Gasteiger charge is 2.46. The monoisotopic (exact) mass is 1460 g/mol. The maximum Gasteiger partial charge on any atom is 0.252 e. The van der Waals surface area contributed by atoms with Gasteiger partial charge in [0, 0.05) is 77.9 Å². The van der Waals surface area contributed by atoms with Gasteiger partial charge in [-0.2, -0.15) is 0 Å². The SMILES string of the molecule is [2H]c1c([2H])c([2H])c(-c2cc3c4c(c2)N(c2c(-c5ccccc5)cccc2-c2cc5ccccc5c5ccccc25)c2cc(-n5c6ccc(C(C)(C)C)cc6c6cc(C(C)(C)C)ccc65)ccc2B4c2ccc(-n4c5ccc(C(C)(C)C)cc5c5cc(C(C)(C)C)ccc54)cc2N3c2c(-c3ccccc3)cccc2-c2ccccc2)c([2H])c1[2H]. The van der Waals surface area contributed by atoms with Crippen molar-refractivity contribution in [1.82, 2.24) is 9.13 Å². The van der Waals surface area contributed by atoms with Crippen LogP contribution in [-0.2, 0) is 21.7 Å². The predicted molar refractivity (Wildman–Crippen MR) is 486 cm³/mol. The van der Waals surface area contributed by atoms with Crippen molar-refractivity contribution < 1.29 is 6.85 Å². The van der Waals surface area contributed by atoms with E-state index in [4.69, 9.17) is 0 Å². The summed E-state index contributed by atoms with van der Waals surface area (Å²) in [6, 6.07) is 110. The number of anilines is 6. The third kappa shape index (κ3) is 11.4. The summed E-state index contributed by atoms with van der Waals surface area (Å²) in [6.45, 7) is 27.0. The van der Waals surface area contributed by atoms with Gasteiger partial charge in [0.25, 0.3) is 6.71 Å². The largest absolute Gasteiger partial charge is 0.310 e. The van der Waals surface area contributed by atoms with Crippen LogP contribution in [0.5, 0.6) is 0 Å². The van der Waals surface area contributed by atoms with Crippen molar-refractivity contribution >= 4 is 122 Å². The zero-order valence-electron chi connectivity index (χ0n) is 71.2. The zero-order valence-corrected chi connectivity index (χ0v) is 66.2. The van der Waals surface area contributed by atoms with E-state index in [0.29, 0.717) is 5.56 Å². The van der Waals surface area contributed by atoms with Crippen LogP contribution in [0.15, 0.2) is 334 Å². The number of hydrogen-bond donors (Lipinski definition) is 0. The lowest BCUT2D eigenvalue weighted by Crippen LogP contribution is -2.61. The van der Waals surface area contributed by atoms with Crippen molar-refractivity contribution in [3.63, 3.8) is 0 Å². The van der Waals surface area contributed by atoms with E-state index in [9.17, 15) is 6.85 Å². The molecule has 113 heavy (non-hydrogen) atoms. The van der Waals surface area contributed by atoms with Crippen molar-refractivity contribution in [1.29, 1.82) is 0 Å². The van der Waals surface area contributed by atoms with Gasteiger partial charge in [0.05, 0.1) is 40.3 Å². The first-order chi connectivity index (χ1) is 56.7. The van der Waals surface area contributed by atoms with E-state index in [2.05, 4.69) is 405 Å². The molecule has 0 aliphatic carbocycles. The van der Waals surface area contributed by atoms with Gasteiger partial charge in [0.2, 0.25) is 0 Å². The highest BCUT2D eigenvalue weighted by molar-refractivity contribution is 7.00. The van der Waals surface area contributed by atoms with Crippen molar-refractivity contribution in [2.45, 2.75) is 105 Å². The van der Waals surface area contributed by atoms with Crippen molar-refractivity contribution in [3.8, 4) is 67.0 Å². The highest BCUT2D eigenvalue weighted by Crippen LogP contribution is 2.56. The maximum absolute atomic E-state index is 10.2. The van der Waals surface area contributed by atoms with Crippen LogP contribution in [-0.4, -0.2) is 15.8 Å². The quantitative estimate of drug-likeness (QED) is 0.106. The molecule has 5 heteroatoms. The Labute approximate surface area is 671 Å². The predicted octanol–water partition coefficient (Wildman–Crippen LogP) is 27.8. The summed E-state index contributed by atoms with van der Waals surface area (Å²) in [5.74, 6) is 0. The van der Waals surface area contributed by atoms with Crippen LogP contribution in [0.2, 0.25) is 0 Å². The molecule has 0 unspecified atom stereocenters. The summed E-state index contributed by atoms with van der Waals surface area (Å²) >= 11 is 0. The van der Waals surface area contributed by atoms with Gasteiger partial charge >= 0.3 is 0 Å². The molecule has 0 amide bonds. The average Bonchev–Trinajstić information content (AvgIpc) is 0.722. The average molecular weight is 1460 g/mol. The van der Waals surface area contributed by atoms with E-state index in [1.54, 1.807) is 0 Å². The van der Waals surface area contributed by atoms with Gasteiger partial charge in [-0.05, 0) is 206 Å². The Kier molecular flexibility index (Phi) is 14.7.